The van der Waals surface area contributed by atoms with Crippen LogP contribution in [0.15, 0.2) is 53.5 Å². The second-order valence-electron chi connectivity index (χ2n) is 5.47. The molecule has 0 aliphatic carbocycles. The SMILES string of the molecule is Cc1cccc(N=CN(C(=O)N(C)C)c2cccc(C)c2)c1. The molecule has 2 rings (SSSR count). The summed E-state index contributed by atoms with van der Waals surface area (Å²) in [6.45, 7) is 4.02. The number of urea groups is 1. The van der Waals surface area contributed by atoms with E-state index >= 15 is 0 Å². The molecule has 4 nitrogen and oxygen atoms in total. The molecule has 0 heterocycles. The molecule has 2 aromatic carbocycles. The van der Waals surface area contributed by atoms with Gasteiger partial charge in [0.25, 0.3) is 0 Å². The molecule has 0 saturated carbocycles. The number of anilines is 1. The Kier molecular flexibility index (Phi) is 4.94. The molecule has 0 fully saturated rings. The molecule has 2 amide bonds. The number of benzene rings is 2. The maximum atomic E-state index is 12.4. The van der Waals surface area contributed by atoms with Gasteiger partial charge in [0.05, 0.1) is 11.4 Å². The van der Waals surface area contributed by atoms with Gasteiger partial charge in [0.2, 0.25) is 0 Å². The van der Waals surface area contributed by atoms with Gasteiger partial charge in [-0.15, -0.1) is 0 Å². The van der Waals surface area contributed by atoms with E-state index in [1.807, 2.05) is 62.4 Å². The highest BCUT2D eigenvalue weighted by atomic mass is 16.2. The summed E-state index contributed by atoms with van der Waals surface area (Å²) in [7, 11) is 3.46. The summed E-state index contributed by atoms with van der Waals surface area (Å²) in [4.78, 5) is 19.9. The molecule has 0 aliphatic heterocycles. The molecule has 0 saturated heterocycles. The topological polar surface area (TPSA) is 35.9 Å². The molecule has 0 aromatic heterocycles. The van der Waals surface area contributed by atoms with E-state index in [0.29, 0.717) is 0 Å². The van der Waals surface area contributed by atoms with Crippen LogP contribution >= 0.6 is 0 Å². The minimum absolute atomic E-state index is 0.137. The van der Waals surface area contributed by atoms with Gasteiger partial charge in [-0.05, 0) is 49.2 Å². The van der Waals surface area contributed by atoms with Crippen molar-refractivity contribution >= 4 is 23.7 Å². The van der Waals surface area contributed by atoms with Crippen LogP contribution in [0.4, 0.5) is 16.2 Å². The lowest BCUT2D eigenvalue weighted by Gasteiger charge is -2.22. The highest BCUT2D eigenvalue weighted by molar-refractivity contribution is 6.07. The molecule has 22 heavy (non-hydrogen) atoms. The second kappa shape index (κ2) is 6.89. The lowest BCUT2D eigenvalue weighted by atomic mass is 10.2. The highest BCUT2D eigenvalue weighted by Crippen LogP contribution is 2.18. The second-order valence-corrected chi connectivity index (χ2v) is 5.47. The van der Waals surface area contributed by atoms with Gasteiger partial charge in [-0.1, -0.05) is 24.3 Å². The number of aryl methyl sites for hydroxylation is 2. The fourth-order valence-electron chi connectivity index (χ4n) is 2.05. The van der Waals surface area contributed by atoms with Gasteiger partial charge < -0.3 is 4.90 Å². The molecule has 4 heteroatoms. The van der Waals surface area contributed by atoms with Gasteiger partial charge in [0.15, 0.2) is 0 Å². The van der Waals surface area contributed by atoms with Crippen LogP contribution in [0.25, 0.3) is 0 Å². The van der Waals surface area contributed by atoms with Crippen molar-refractivity contribution in [3.63, 3.8) is 0 Å². The molecular weight excluding hydrogens is 274 g/mol. The number of rotatable bonds is 3. The van der Waals surface area contributed by atoms with Crippen molar-refractivity contribution in [2.24, 2.45) is 4.99 Å². The van der Waals surface area contributed by atoms with Gasteiger partial charge in [-0.2, -0.15) is 0 Å². The Morgan fingerprint density at radius 2 is 1.64 bits per heavy atom. The number of amides is 2. The number of hydrogen-bond donors (Lipinski definition) is 0. The maximum Gasteiger partial charge on any atom is 0.329 e. The van der Waals surface area contributed by atoms with Crippen molar-refractivity contribution in [3.05, 3.63) is 59.7 Å². The average Bonchev–Trinajstić information content (AvgIpc) is 2.47. The monoisotopic (exact) mass is 295 g/mol. The molecule has 0 aliphatic rings. The smallest absolute Gasteiger partial charge is 0.329 e. The summed E-state index contributed by atoms with van der Waals surface area (Å²) >= 11 is 0. The predicted octanol–water partition coefficient (Wildman–Crippen LogP) is 4.15. The number of aliphatic imine (C=N–C) groups is 1. The molecule has 2 aromatic rings. The number of nitrogens with zero attached hydrogens (tertiary/aromatic N) is 3. The number of carbonyl (C=O) groups is 1. The van der Waals surface area contributed by atoms with E-state index in [1.165, 1.54) is 4.90 Å². The van der Waals surface area contributed by atoms with E-state index in [4.69, 9.17) is 0 Å². The largest absolute Gasteiger partial charge is 0.330 e. The van der Waals surface area contributed by atoms with E-state index in [0.717, 1.165) is 22.5 Å². The van der Waals surface area contributed by atoms with Crippen LogP contribution < -0.4 is 4.90 Å². The van der Waals surface area contributed by atoms with E-state index in [-0.39, 0.29) is 6.03 Å². The van der Waals surface area contributed by atoms with Gasteiger partial charge >= 0.3 is 6.03 Å². The summed E-state index contributed by atoms with van der Waals surface area (Å²) < 4.78 is 0. The summed E-state index contributed by atoms with van der Waals surface area (Å²) in [5.74, 6) is 0. The Hall–Kier alpha value is -2.62. The fraction of sp³-hybridized carbons (Fsp3) is 0.222. The number of hydrogen-bond acceptors (Lipinski definition) is 2. The Labute approximate surface area is 131 Å². The molecule has 0 spiro atoms. The van der Waals surface area contributed by atoms with Crippen molar-refractivity contribution in [2.75, 3.05) is 19.0 Å². The van der Waals surface area contributed by atoms with E-state index in [1.54, 1.807) is 25.3 Å². The molecular formula is C18H21N3O. The fourth-order valence-corrected chi connectivity index (χ4v) is 2.05. The maximum absolute atomic E-state index is 12.4. The van der Waals surface area contributed by atoms with Crippen LogP contribution in [-0.4, -0.2) is 31.4 Å². The van der Waals surface area contributed by atoms with Crippen LogP contribution in [0, 0.1) is 13.8 Å². The molecule has 114 valence electrons. The quantitative estimate of drug-likeness (QED) is 0.619. The molecule has 0 bridgehead atoms. The number of carbonyl (C=O) groups excluding carboxylic acids is 1. The third kappa shape index (κ3) is 3.95. The first-order chi connectivity index (χ1) is 10.5. The van der Waals surface area contributed by atoms with Gasteiger partial charge in [-0.3, -0.25) is 4.90 Å². The average molecular weight is 295 g/mol. The van der Waals surface area contributed by atoms with Gasteiger partial charge in [0, 0.05) is 14.1 Å². The van der Waals surface area contributed by atoms with E-state index < -0.39 is 0 Å². The Morgan fingerprint density at radius 1 is 1.00 bits per heavy atom. The van der Waals surface area contributed by atoms with Crippen molar-refractivity contribution < 1.29 is 4.79 Å². The normalized spacial score (nSPS) is 10.7. The Bertz CT molecular complexity index is 692. The highest BCUT2D eigenvalue weighted by Gasteiger charge is 2.15. The van der Waals surface area contributed by atoms with Gasteiger partial charge in [-0.25, -0.2) is 9.79 Å². The first-order valence-electron chi connectivity index (χ1n) is 7.15. The zero-order chi connectivity index (χ0) is 16.1. The zero-order valence-electron chi connectivity index (χ0n) is 13.4. The van der Waals surface area contributed by atoms with Crippen LogP contribution in [0.5, 0.6) is 0 Å². The van der Waals surface area contributed by atoms with E-state index in [2.05, 4.69) is 4.99 Å². The molecule has 0 unspecified atom stereocenters. The third-order valence-electron chi connectivity index (χ3n) is 3.19. The molecule has 0 N–H and O–H groups in total. The van der Waals surface area contributed by atoms with Crippen LogP contribution in [0.2, 0.25) is 0 Å². The molecule has 0 radical (unpaired) electrons. The lowest BCUT2D eigenvalue weighted by molar-refractivity contribution is 0.227. The third-order valence-corrected chi connectivity index (χ3v) is 3.19. The van der Waals surface area contributed by atoms with E-state index in [9.17, 15) is 4.79 Å². The lowest BCUT2D eigenvalue weighted by Crippen LogP contribution is -2.38. The molecule has 0 atom stereocenters. The summed E-state index contributed by atoms with van der Waals surface area (Å²) in [6, 6.07) is 15.5. The van der Waals surface area contributed by atoms with Crippen molar-refractivity contribution in [2.45, 2.75) is 13.8 Å². The van der Waals surface area contributed by atoms with Crippen molar-refractivity contribution in [1.29, 1.82) is 0 Å². The van der Waals surface area contributed by atoms with Crippen LogP contribution in [0.1, 0.15) is 11.1 Å². The predicted molar refractivity (Wildman–Crippen MR) is 92.1 cm³/mol. The minimum atomic E-state index is -0.137. The van der Waals surface area contributed by atoms with Crippen molar-refractivity contribution in [3.8, 4) is 0 Å². The zero-order valence-corrected chi connectivity index (χ0v) is 13.4. The summed E-state index contributed by atoms with van der Waals surface area (Å²) in [5, 5.41) is 0. The van der Waals surface area contributed by atoms with Crippen LogP contribution in [-0.2, 0) is 0 Å². The first-order valence-corrected chi connectivity index (χ1v) is 7.15. The Balaban J connectivity index is 2.35. The minimum Gasteiger partial charge on any atom is -0.330 e. The standard InChI is InChI=1S/C18H21N3O/c1-14-7-5-9-16(11-14)19-13-21(18(22)20(3)4)17-10-6-8-15(2)12-17/h5-13H,1-4H3. The van der Waals surface area contributed by atoms with Crippen molar-refractivity contribution in [1.82, 2.24) is 4.90 Å². The Morgan fingerprint density at radius 3 is 2.23 bits per heavy atom. The first kappa shape index (κ1) is 15.8. The summed E-state index contributed by atoms with van der Waals surface area (Å²) in [5.41, 5.74) is 3.85. The summed E-state index contributed by atoms with van der Waals surface area (Å²) in [6.07, 6.45) is 1.58. The van der Waals surface area contributed by atoms with Gasteiger partial charge in [0.1, 0.15) is 6.34 Å². The van der Waals surface area contributed by atoms with Crippen LogP contribution in [0.3, 0.4) is 0 Å².